The zero-order chi connectivity index (χ0) is 23.0. The van der Waals surface area contributed by atoms with Crippen molar-refractivity contribution in [2.75, 3.05) is 13.7 Å². The average molecular weight is 440 g/mol. The number of hydrogen-bond donors (Lipinski definition) is 3. The van der Waals surface area contributed by atoms with Crippen molar-refractivity contribution in [2.24, 2.45) is 0 Å². The molecule has 0 bridgehead atoms. The Bertz CT molecular complexity index is 1290. The minimum atomic E-state index is -0.370. The highest BCUT2D eigenvalue weighted by molar-refractivity contribution is 6.05. The molecular formula is C27H25N3O3. The number of carbonyl (C=O) groups is 2. The van der Waals surface area contributed by atoms with Crippen molar-refractivity contribution < 1.29 is 14.3 Å². The smallest absolute Gasteiger partial charge is 0.267 e. The number of aromatic amines is 1. The van der Waals surface area contributed by atoms with E-state index in [1.165, 1.54) is 0 Å². The molecule has 3 aromatic carbocycles. The van der Waals surface area contributed by atoms with Gasteiger partial charge in [-0.05, 0) is 42.3 Å². The van der Waals surface area contributed by atoms with Crippen LogP contribution in [0.4, 0.5) is 0 Å². The van der Waals surface area contributed by atoms with Crippen LogP contribution in [0.25, 0.3) is 17.0 Å². The zero-order valence-electron chi connectivity index (χ0n) is 18.3. The molecule has 0 unspecified atom stereocenters. The molecule has 0 saturated carbocycles. The van der Waals surface area contributed by atoms with Gasteiger partial charge < -0.3 is 20.4 Å². The molecule has 2 amide bonds. The molecule has 0 aliphatic carbocycles. The molecule has 0 aliphatic heterocycles. The number of fused-ring (bicyclic) bond motifs is 1. The molecule has 3 N–H and O–H groups in total. The topological polar surface area (TPSA) is 83.2 Å². The van der Waals surface area contributed by atoms with Crippen LogP contribution in [0.1, 0.15) is 21.5 Å². The quantitative estimate of drug-likeness (QED) is 0.358. The van der Waals surface area contributed by atoms with Crippen LogP contribution in [0.2, 0.25) is 0 Å². The second kappa shape index (κ2) is 10.3. The highest BCUT2D eigenvalue weighted by Gasteiger charge is 2.15. The van der Waals surface area contributed by atoms with Crippen molar-refractivity contribution in [1.82, 2.24) is 15.6 Å². The van der Waals surface area contributed by atoms with E-state index in [1.54, 1.807) is 43.5 Å². The van der Waals surface area contributed by atoms with Gasteiger partial charge in [-0.1, -0.05) is 54.6 Å². The summed E-state index contributed by atoms with van der Waals surface area (Å²) in [5, 5.41) is 6.81. The second-order valence-electron chi connectivity index (χ2n) is 7.49. The molecule has 33 heavy (non-hydrogen) atoms. The highest BCUT2D eigenvalue weighted by atomic mass is 16.5. The van der Waals surface area contributed by atoms with Gasteiger partial charge in [-0.3, -0.25) is 9.59 Å². The minimum Gasteiger partial charge on any atom is -0.496 e. The lowest BCUT2D eigenvalue weighted by Crippen LogP contribution is -2.35. The first-order chi connectivity index (χ1) is 16.2. The van der Waals surface area contributed by atoms with Crippen LogP contribution in [0, 0.1) is 0 Å². The molecule has 166 valence electrons. The second-order valence-corrected chi connectivity index (χ2v) is 7.49. The predicted octanol–water partition coefficient (Wildman–Crippen LogP) is 4.31. The Balaban J connectivity index is 1.52. The number of para-hydroxylation sites is 2. The number of H-pyrrole nitrogens is 1. The number of benzene rings is 3. The first kappa shape index (κ1) is 21.9. The molecule has 4 aromatic rings. The van der Waals surface area contributed by atoms with Crippen LogP contribution in [0.5, 0.6) is 5.75 Å². The largest absolute Gasteiger partial charge is 0.496 e. The summed E-state index contributed by atoms with van der Waals surface area (Å²) < 4.78 is 5.39. The Labute approximate surface area is 192 Å². The molecule has 0 radical (unpaired) electrons. The Hall–Kier alpha value is -4.32. The number of hydrogen-bond acceptors (Lipinski definition) is 3. The number of amides is 2. The van der Waals surface area contributed by atoms with Crippen molar-refractivity contribution in [3.05, 3.63) is 107 Å². The lowest BCUT2D eigenvalue weighted by atomic mass is 10.1. The number of aromatic nitrogens is 1. The van der Waals surface area contributed by atoms with Gasteiger partial charge in [-0.15, -0.1) is 0 Å². The normalized spacial score (nSPS) is 11.2. The van der Waals surface area contributed by atoms with Gasteiger partial charge in [0.1, 0.15) is 11.4 Å². The molecule has 0 saturated heterocycles. The van der Waals surface area contributed by atoms with Crippen molar-refractivity contribution in [3.63, 3.8) is 0 Å². The van der Waals surface area contributed by atoms with E-state index in [9.17, 15) is 9.59 Å². The van der Waals surface area contributed by atoms with Crippen molar-refractivity contribution >= 4 is 28.8 Å². The molecular weight excluding hydrogens is 414 g/mol. The van der Waals surface area contributed by atoms with Crippen LogP contribution in [-0.2, 0) is 11.2 Å². The molecule has 1 aromatic heterocycles. The molecule has 0 fully saturated rings. The third-order valence-corrected chi connectivity index (χ3v) is 5.32. The highest BCUT2D eigenvalue weighted by Crippen LogP contribution is 2.20. The van der Waals surface area contributed by atoms with E-state index < -0.39 is 0 Å². The molecule has 1 heterocycles. The number of methoxy groups -OCH3 is 1. The summed E-state index contributed by atoms with van der Waals surface area (Å²) in [5.41, 5.74) is 3.48. The van der Waals surface area contributed by atoms with Crippen molar-refractivity contribution in [2.45, 2.75) is 6.42 Å². The Morgan fingerprint density at radius 3 is 2.48 bits per heavy atom. The third-order valence-electron chi connectivity index (χ3n) is 5.32. The van der Waals surface area contributed by atoms with Crippen molar-refractivity contribution in [3.8, 4) is 5.75 Å². The number of ether oxygens (including phenoxy) is 1. The van der Waals surface area contributed by atoms with Gasteiger partial charge in [-0.2, -0.15) is 0 Å². The van der Waals surface area contributed by atoms with Crippen LogP contribution in [0.15, 0.2) is 90.8 Å². The summed E-state index contributed by atoms with van der Waals surface area (Å²) in [6.45, 7) is 0.422. The predicted molar refractivity (Wildman–Crippen MR) is 130 cm³/mol. The van der Waals surface area contributed by atoms with E-state index in [4.69, 9.17) is 4.74 Å². The van der Waals surface area contributed by atoms with Gasteiger partial charge in [0.15, 0.2) is 0 Å². The Morgan fingerprint density at radius 1 is 0.939 bits per heavy atom. The first-order valence-corrected chi connectivity index (χ1v) is 10.7. The van der Waals surface area contributed by atoms with Crippen LogP contribution >= 0.6 is 0 Å². The maximum absolute atomic E-state index is 13.1. The maximum atomic E-state index is 13.1. The number of rotatable bonds is 8. The van der Waals surface area contributed by atoms with Gasteiger partial charge in [-0.25, -0.2) is 0 Å². The van der Waals surface area contributed by atoms with E-state index in [1.807, 2.05) is 48.7 Å². The zero-order valence-corrected chi connectivity index (χ0v) is 18.3. The summed E-state index contributed by atoms with van der Waals surface area (Å²) >= 11 is 0. The SMILES string of the molecule is COc1ccccc1/C=C(/NC(=O)c1ccccc1)C(=O)NCCc1c[nH]c2ccccc12. The van der Waals surface area contributed by atoms with E-state index in [0.29, 0.717) is 29.8 Å². The van der Waals surface area contributed by atoms with Crippen molar-refractivity contribution in [1.29, 1.82) is 0 Å². The fourth-order valence-corrected chi connectivity index (χ4v) is 3.63. The lowest BCUT2D eigenvalue weighted by Gasteiger charge is -2.12. The molecule has 6 heteroatoms. The van der Waals surface area contributed by atoms with E-state index in [0.717, 1.165) is 16.5 Å². The summed E-state index contributed by atoms with van der Waals surface area (Å²) in [5.74, 6) is -0.121. The third kappa shape index (κ3) is 5.30. The van der Waals surface area contributed by atoms with Crippen LogP contribution in [0.3, 0.4) is 0 Å². The van der Waals surface area contributed by atoms with Gasteiger partial charge in [0.05, 0.1) is 7.11 Å². The van der Waals surface area contributed by atoms with Gasteiger partial charge in [0, 0.05) is 34.8 Å². The molecule has 0 spiro atoms. The number of nitrogens with one attached hydrogen (secondary N) is 3. The summed E-state index contributed by atoms with van der Waals surface area (Å²) in [6.07, 6.45) is 4.24. The first-order valence-electron chi connectivity index (χ1n) is 10.7. The van der Waals surface area contributed by atoms with Gasteiger partial charge in [0.2, 0.25) is 0 Å². The van der Waals surface area contributed by atoms with Crippen LogP contribution < -0.4 is 15.4 Å². The summed E-state index contributed by atoms with van der Waals surface area (Å²) in [7, 11) is 1.57. The average Bonchev–Trinajstić information content (AvgIpc) is 3.27. The fourth-order valence-electron chi connectivity index (χ4n) is 3.63. The molecule has 6 nitrogen and oxygen atoms in total. The summed E-state index contributed by atoms with van der Waals surface area (Å²) in [6, 6.07) is 24.2. The summed E-state index contributed by atoms with van der Waals surface area (Å²) in [4.78, 5) is 29.1. The standard InChI is InChI=1S/C27H25N3O3/c1-33-25-14-8-5-11-20(25)17-24(30-26(31)19-9-3-2-4-10-19)27(32)28-16-15-21-18-29-23-13-7-6-12-22(21)23/h2-14,17-18,29H,15-16H2,1H3,(H,28,32)(H,30,31)/b24-17+. The Morgan fingerprint density at radius 2 is 1.67 bits per heavy atom. The molecule has 0 atom stereocenters. The maximum Gasteiger partial charge on any atom is 0.267 e. The van der Waals surface area contributed by atoms with E-state index >= 15 is 0 Å². The van der Waals surface area contributed by atoms with Gasteiger partial charge in [0.25, 0.3) is 11.8 Å². The number of carbonyl (C=O) groups excluding carboxylic acids is 2. The molecule has 4 rings (SSSR count). The minimum absolute atomic E-state index is 0.146. The molecule has 0 aliphatic rings. The van der Waals surface area contributed by atoms with Crippen LogP contribution in [-0.4, -0.2) is 30.5 Å². The Kier molecular flexibility index (Phi) is 6.85. The van der Waals surface area contributed by atoms with E-state index in [-0.39, 0.29) is 17.5 Å². The van der Waals surface area contributed by atoms with E-state index in [2.05, 4.69) is 21.7 Å². The van der Waals surface area contributed by atoms with Gasteiger partial charge >= 0.3 is 0 Å². The fraction of sp³-hybridized carbons (Fsp3) is 0.111. The monoisotopic (exact) mass is 439 g/mol. The lowest BCUT2D eigenvalue weighted by molar-refractivity contribution is -0.117.